The van der Waals surface area contributed by atoms with Crippen molar-refractivity contribution >= 4 is 29.4 Å². The van der Waals surface area contributed by atoms with Gasteiger partial charge in [-0.1, -0.05) is 23.7 Å². The minimum absolute atomic E-state index is 0.160. The van der Waals surface area contributed by atoms with Crippen molar-refractivity contribution in [2.45, 2.75) is 25.6 Å². The Morgan fingerprint density at radius 2 is 1.62 bits per heavy atom. The van der Waals surface area contributed by atoms with Crippen molar-refractivity contribution in [2.24, 2.45) is 5.92 Å². The number of hydrogen-bond acceptors (Lipinski definition) is 4. The zero-order chi connectivity index (χ0) is 24.9. The maximum Gasteiger partial charge on any atom is 0.416 e. The first kappa shape index (κ1) is 25.6. The molecule has 0 unspecified atom stereocenters. The van der Waals surface area contributed by atoms with E-state index in [4.69, 9.17) is 16.3 Å². The van der Waals surface area contributed by atoms with Gasteiger partial charge in [0.15, 0.2) is 0 Å². The van der Waals surface area contributed by atoms with Crippen molar-refractivity contribution in [3.05, 3.63) is 70.2 Å². The molecule has 0 aromatic heterocycles. The topological polar surface area (TPSA) is 66.9 Å². The second kappa shape index (κ2) is 10.9. The van der Waals surface area contributed by atoms with Crippen molar-refractivity contribution < 1.29 is 32.3 Å². The lowest BCUT2D eigenvalue weighted by molar-refractivity contribution is -0.149. The molecule has 1 heterocycles. The Balaban J connectivity index is 1.63. The van der Waals surface area contributed by atoms with Crippen molar-refractivity contribution in [3.63, 3.8) is 0 Å². The van der Waals surface area contributed by atoms with E-state index in [0.29, 0.717) is 17.9 Å². The van der Waals surface area contributed by atoms with Gasteiger partial charge in [-0.3, -0.25) is 14.4 Å². The molecule has 0 bridgehead atoms. The third-order valence-corrected chi connectivity index (χ3v) is 5.99. The lowest BCUT2D eigenvalue weighted by atomic mass is 9.94. The molecule has 2 aromatic rings. The van der Waals surface area contributed by atoms with E-state index in [0.717, 1.165) is 29.8 Å². The molecule has 0 aliphatic carbocycles. The minimum Gasteiger partial charge on any atom is -0.468 e. The van der Waals surface area contributed by atoms with Crippen LogP contribution >= 0.6 is 11.6 Å². The molecular weight excluding hydrogens is 473 g/mol. The van der Waals surface area contributed by atoms with Crippen molar-refractivity contribution in [3.8, 4) is 0 Å². The zero-order valence-electron chi connectivity index (χ0n) is 18.5. The molecule has 0 radical (unpaired) electrons. The number of carbonyl (C=O) groups is 3. The van der Waals surface area contributed by atoms with Crippen LogP contribution in [0.4, 0.5) is 13.2 Å². The monoisotopic (exact) mass is 496 g/mol. The highest BCUT2D eigenvalue weighted by Crippen LogP contribution is 2.29. The van der Waals surface area contributed by atoms with Gasteiger partial charge in [0.05, 0.1) is 12.7 Å². The number of benzene rings is 2. The van der Waals surface area contributed by atoms with Gasteiger partial charge in [0.2, 0.25) is 5.91 Å². The Kier molecular flexibility index (Phi) is 8.19. The van der Waals surface area contributed by atoms with Crippen LogP contribution in [-0.4, -0.2) is 54.3 Å². The van der Waals surface area contributed by atoms with E-state index < -0.39 is 23.6 Å². The third kappa shape index (κ3) is 6.50. The number of methoxy groups -OCH3 is 1. The van der Waals surface area contributed by atoms with Gasteiger partial charge >= 0.3 is 12.1 Å². The summed E-state index contributed by atoms with van der Waals surface area (Å²) < 4.78 is 43.0. The Morgan fingerprint density at radius 1 is 1.03 bits per heavy atom. The Morgan fingerprint density at radius 3 is 2.15 bits per heavy atom. The average Bonchev–Trinajstić information content (AvgIpc) is 2.83. The maximum atomic E-state index is 13.2. The summed E-state index contributed by atoms with van der Waals surface area (Å²) >= 11 is 5.91. The number of alkyl halides is 3. The highest BCUT2D eigenvalue weighted by atomic mass is 35.5. The molecule has 0 spiro atoms. The standard InChI is InChI=1S/C24H24ClF3N2O4/c1-34-21(31)15-30(14-16-2-8-20(25)9-3-16)23(33)18-10-12-29(13-11-18)22(32)17-4-6-19(7-5-17)24(26,27)28/h2-9,18H,10-15H2,1H3. The molecule has 2 amide bonds. The number of halogens is 4. The maximum absolute atomic E-state index is 13.2. The summed E-state index contributed by atoms with van der Waals surface area (Å²) in [6.45, 7) is 0.561. The van der Waals surface area contributed by atoms with E-state index >= 15 is 0 Å². The molecule has 1 aliphatic heterocycles. The van der Waals surface area contributed by atoms with E-state index in [1.807, 2.05) is 0 Å². The van der Waals surface area contributed by atoms with Gasteiger partial charge in [0, 0.05) is 36.1 Å². The number of rotatable bonds is 6. The second-order valence-electron chi connectivity index (χ2n) is 8.04. The van der Waals surface area contributed by atoms with Gasteiger partial charge in [0.1, 0.15) is 6.54 Å². The molecular formula is C24H24ClF3N2O4. The predicted molar refractivity (Wildman–Crippen MR) is 119 cm³/mol. The summed E-state index contributed by atoms with van der Waals surface area (Å²) in [5.41, 5.74) is 0.143. The van der Waals surface area contributed by atoms with E-state index in [1.165, 1.54) is 16.9 Å². The van der Waals surface area contributed by atoms with Gasteiger partial charge in [0.25, 0.3) is 5.91 Å². The second-order valence-corrected chi connectivity index (χ2v) is 8.47. The van der Waals surface area contributed by atoms with Crippen LogP contribution in [0.25, 0.3) is 0 Å². The predicted octanol–water partition coefficient (Wildman–Crippen LogP) is 4.41. The van der Waals surface area contributed by atoms with Gasteiger partial charge in [-0.2, -0.15) is 13.2 Å². The van der Waals surface area contributed by atoms with Gasteiger partial charge in [-0.15, -0.1) is 0 Å². The first-order valence-corrected chi connectivity index (χ1v) is 11.0. The third-order valence-electron chi connectivity index (χ3n) is 5.74. The number of ether oxygens (including phenoxy) is 1. The number of nitrogens with zero attached hydrogens (tertiary/aromatic N) is 2. The molecule has 3 rings (SSSR count). The van der Waals surface area contributed by atoms with Crippen LogP contribution in [0.15, 0.2) is 48.5 Å². The fraction of sp³-hybridized carbons (Fsp3) is 0.375. The van der Waals surface area contributed by atoms with Crippen LogP contribution in [0.3, 0.4) is 0 Å². The molecule has 1 aliphatic rings. The van der Waals surface area contributed by atoms with Crippen molar-refractivity contribution in [1.82, 2.24) is 9.80 Å². The average molecular weight is 497 g/mol. The van der Waals surface area contributed by atoms with E-state index in [9.17, 15) is 27.6 Å². The number of carbonyl (C=O) groups excluding carboxylic acids is 3. The first-order valence-electron chi connectivity index (χ1n) is 10.6. The Hall–Kier alpha value is -3.07. The zero-order valence-corrected chi connectivity index (χ0v) is 19.2. The van der Waals surface area contributed by atoms with Crippen LogP contribution in [0.2, 0.25) is 5.02 Å². The summed E-state index contributed by atoms with van der Waals surface area (Å²) in [6.07, 6.45) is -3.71. The molecule has 0 atom stereocenters. The van der Waals surface area contributed by atoms with Gasteiger partial charge in [-0.05, 0) is 54.8 Å². The largest absolute Gasteiger partial charge is 0.468 e. The SMILES string of the molecule is COC(=O)CN(Cc1ccc(Cl)cc1)C(=O)C1CCN(C(=O)c2ccc(C(F)(F)F)cc2)CC1. The summed E-state index contributed by atoms with van der Waals surface area (Å²) in [7, 11) is 1.25. The quantitative estimate of drug-likeness (QED) is 0.556. The van der Waals surface area contributed by atoms with Crippen LogP contribution in [0.1, 0.15) is 34.3 Å². The minimum atomic E-state index is -4.47. The first-order chi connectivity index (χ1) is 16.1. The fourth-order valence-corrected chi connectivity index (χ4v) is 3.94. The molecule has 0 saturated carbocycles. The fourth-order valence-electron chi connectivity index (χ4n) is 3.81. The molecule has 182 valence electrons. The summed E-state index contributed by atoms with van der Waals surface area (Å²) in [6, 6.07) is 11.0. The highest BCUT2D eigenvalue weighted by molar-refractivity contribution is 6.30. The molecule has 1 fully saturated rings. The van der Waals surface area contributed by atoms with Crippen LogP contribution < -0.4 is 0 Å². The summed E-state index contributed by atoms with van der Waals surface area (Å²) in [5, 5.41) is 0.555. The summed E-state index contributed by atoms with van der Waals surface area (Å²) in [4.78, 5) is 40.7. The summed E-state index contributed by atoms with van der Waals surface area (Å²) in [5.74, 6) is -1.54. The van der Waals surface area contributed by atoms with Crippen molar-refractivity contribution in [2.75, 3.05) is 26.7 Å². The number of likely N-dealkylation sites (tertiary alicyclic amines) is 1. The normalized spacial score (nSPS) is 14.6. The van der Waals surface area contributed by atoms with Crippen LogP contribution in [0, 0.1) is 5.92 Å². The number of esters is 1. The highest BCUT2D eigenvalue weighted by Gasteiger charge is 2.33. The van der Waals surface area contributed by atoms with E-state index in [-0.39, 0.29) is 43.6 Å². The van der Waals surface area contributed by atoms with Crippen LogP contribution in [-0.2, 0) is 27.0 Å². The lowest BCUT2D eigenvalue weighted by Crippen LogP contribution is -2.45. The Bertz CT molecular complexity index is 1020. The number of hydrogen-bond donors (Lipinski definition) is 0. The van der Waals surface area contributed by atoms with Gasteiger partial charge in [-0.25, -0.2) is 0 Å². The number of piperidine rings is 1. The molecule has 6 nitrogen and oxygen atoms in total. The van der Waals surface area contributed by atoms with E-state index in [2.05, 4.69) is 0 Å². The molecule has 34 heavy (non-hydrogen) atoms. The van der Waals surface area contributed by atoms with Crippen LogP contribution in [0.5, 0.6) is 0 Å². The Labute approximate surface area is 200 Å². The lowest BCUT2D eigenvalue weighted by Gasteiger charge is -2.34. The van der Waals surface area contributed by atoms with E-state index in [1.54, 1.807) is 24.3 Å². The van der Waals surface area contributed by atoms with Crippen molar-refractivity contribution in [1.29, 1.82) is 0 Å². The molecule has 0 N–H and O–H groups in total. The molecule has 2 aromatic carbocycles. The van der Waals surface area contributed by atoms with Gasteiger partial charge < -0.3 is 14.5 Å². The molecule has 1 saturated heterocycles. The smallest absolute Gasteiger partial charge is 0.416 e. The molecule has 10 heteroatoms. The number of amides is 2.